The lowest BCUT2D eigenvalue weighted by atomic mass is 10.1. The third kappa shape index (κ3) is 56.7. The zero-order valence-electron chi connectivity index (χ0n) is 47.9. The van der Waals surface area contributed by atoms with Crippen LogP contribution in [0.2, 0.25) is 0 Å². The number of esters is 2. The number of likely N-dealkylation sites (N-methyl/N-ethyl adjacent to an activating group) is 1. The molecule has 2 atom stereocenters. The van der Waals surface area contributed by atoms with E-state index in [1.807, 2.05) is 21.1 Å². The first-order valence-electron chi connectivity index (χ1n) is 29.0. The summed E-state index contributed by atoms with van der Waals surface area (Å²) in [5, 5.41) is 9.71. The summed E-state index contributed by atoms with van der Waals surface area (Å²) in [5.41, 5.74) is 0. The van der Waals surface area contributed by atoms with Crippen molar-refractivity contribution in [1.82, 2.24) is 0 Å². The molecule has 0 aliphatic heterocycles. The number of carbonyl (C=O) groups excluding carboxylic acids is 2. The summed E-state index contributed by atoms with van der Waals surface area (Å²) >= 11 is 0. The smallest absolute Gasteiger partial charge is 0.361 e. The van der Waals surface area contributed by atoms with Crippen LogP contribution in [-0.4, -0.2) is 87.4 Å². The number of carbonyl (C=O) groups is 3. The second kappa shape index (κ2) is 55.4. The highest BCUT2D eigenvalue weighted by atomic mass is 16.7. The van der Waals surface area contributed by atoms with Gasteiger partial charge in [0.2, 0.25) is 0 Å². The van der Waals surface area contributed by atoms with Crippen molar-refractivity contribution in [3.8, 4) is 0 Å². The predicted octanol–water partition coefficient (Wildman–Crippen LogP) is 17.2. The Hall–Kier alpha value is -4.83. The van der Waals surface area contributed by atoms with Crippen LogP contribution in [0.15, 0.2) is 146 Å². The van der Waals surface area contributed by atoms with Gasteiger partial charge in [-0.05, 0) is 116 Å². The van der Waals surface area contributed by atoms with E-state index in [0.29, 0.717) is 17.4 Å². The third-order valence-electron chi connectivity index (χ3n) is 11.6. The molecule has 0 aliphatic carbocycles. The van der Waals surface area contributed by atoms with E-state index < -0.39 is 24.3 Å². The van der Waals surface area contributed by atoms with Gasteiger partial charge in [0.25, 0.3) is 6.29 Å². The van der Waals surface area contributed by atoms with Gasteiger partial charge in [0.05, 0.1) is 34.4 Å². The van der Waals surface area contributed by atoms with E-state index in [4.69, 9.17) is 18.9 Å². The number of aliphatic carboxylic acids is 1. The molecule has 0 amide bonds. The molecule has 0 radical (unpaired) electrons. The minimum absolute atomic E-state index is 0.173. The normalized spacial score (nSPS) is 13.9. The first kappa shape index (κ1) is 70.2. The van der Waals surface area contributed by atoms with Crippen molar-refractivity contribution in [2.75, 3.05) is 47.5 Å². The molecule has 0 heterocycles. The van der Waals surface area contributed by atoms with E-state index in [1.54, 1.807) is 0 Å². The number of hydrogen-bond acceptors (Lipinski definition) is 7. The Morgan fingerprint density at radius 2 is 0.720 bits per heavy atom. The summed E-state index contributed by atoms with van der Waals surface area (Å²) in [5.74, 6) is -2.07. The molecule has 0 aromatic carbocycles. The molecule has 0 saturated carbocycles. The fraction of sp³-hybridized carbons (Fsp3) is 0.591. The van der Waals surface area contributed by atoms with Crippen LogP contribution in [0, 0.1) is 0 Å². The average molecular weight is 1040 g/mol. The fourth-order valence-corrected chi connectivity index (χ4v) is 7.19. The van der Waals surface area contributed by atoms with Gasteiger partial charge >= 0.3 is 17.9 Å². The van der Waals surface area contributed by atoms with Gasteiger partial charge in [-0.2, -0.15) is 0 Å². The number of quaternary nitrogens is 1. The highest BCUT2D eigenvalue weighted by molar-refractivity contribution is 5.71. The van der Waals surface area contributed by atoms with Gasteiger partial charge in [-0.3, -0.25) is 9.59 Å². The van der Waals surface area contributed by atoms with E-state index in [2.05, 4.69) is 160 Å². The highest BCUT2D eigenvalue weighted by Crippen LogP contribution is 2.13. The first-order chi connectivity index (χ1) is 36.6. The summed E-state index contributed by atoms with van der Waals surface area (Å²) in [6.45, 7) is 4.59. The van der Waals surface area contributed by atoms with Gasteiger partial charge < -0.3 is 28.5 Å². The number of carboxylic acid groups (broad SMARTS) is 1. The molecule has 1 N–H and O–H groups in total. The minimum atomic E-state index is -1.53. The highest BCUT2D eigenvalue weighted by Gasteiger charge is 2.25. The van der Waals surface area contributed by atoms with Gasteiger partial charge in [-0.15, -0.1) is 0 Å². The second-order valence-corrected chi connectivity index (χ2v) is 19.8. The van der Waals surface area contributed by atoms with Crippen molar-refractivity contribution in [3.05, 3.63) is 146 Å². The van der Waals surface area contributed by atoms with Gasteiger partial charge in [0.1, 0.15) is 13.2 Å². The van der Waals surface area contributed by atoms with Crippen LogP contribution in [0.3, 0.4) is 0 Å². The molecule has 0 aliphatic rings. The van der Waals surface area contributed by atoms with Crippen molar-refractivity contribution in [3.63, 3.8) is 0 Å². The summed E-state index contributed by atoms with van der Waals surface area (Å²) < 4.78 is 22.8. The molecule has 2 unspecified atom stereocenters. The fourth-order valence-electron chi connectivity index (χ4n) is 7.19. The van der Waals surface area contributed by atoms with Gasteiger partial charge in [-0.1, -0.05) is 211 Å². The maximum atomic E-state index is 12.9. The van der Waals surface area contributed by atoms with Crippen LogP contribution in [0.1, 0.15) is 194 Å². The van der Waals surface area contributed by atoms with Crippen LogP contribution >= 0.6 is 0 Å². The lowest BCUT2D eigenvalue weighted by Gasteiger charge is -2.25. The zero-order chi connectivity index (χ0) is 54.8. The molecule has 0 fully saturated rings. The molecule has 0 rings (SSSR count). The van der Waals surface area contributed by atoms with E-state index in [0.717, 1.165) is 161 Å². The van der Waals surface area contributed by atoms with Gasteiger partial charge in [0.15, 0.2) is 6.10 Å². The summed E-state index contributed by atoms with van der Waals surface area (Å²) in [6.07, 6.45) is 77.7. The van der Waals surface area contributed by atoms with Crippen LogP contribution < -0.4 is 0 Å². The average Bonchev–Trinajstić information content (AvgIpc) is 3.38. The Bertz CT molecular complexity index is 1730. The Morgan fingerprint density at radius 3 is 1.07 bits per heavy atom. The number of carboxylic acids is 1. The standard InChI is InChI=1S/C66H105NO8/c1-6-8-10-12-14-16-18-20-22-24-26-28-30-32-34-36-38-40-42-44-46-48-50-52-54-56-63(68)73-60-62(61-74-66(65(70)71)72-59-58-67(3,4)5)75-64(69)57-55-53-51-49-47-45-43-41-39-37-35-33-31-29-27-25-23-21-19-17-15-13-11-9-7-2/h8-11,14-17,20-23,26-29,32-35,38-41,62,66H,6-7,12-13,18-19,24-25,30-31,36-37,42-61H2,1-5H3/p+1/b10-8-,11-9-,16-14-,17-15-,22-20-,23-21-,28-26-,29-27-,34-32-,35-33-,40-38-,41-39-. The number of allylic oxidation sites excluding steroid dienone is 24. The molecule has 0 saturated heterocycles. The Kier molecular flexibility index (Phi) is 51.8. The van der Waals surface area contributed by atoms with Crippen LogP contribution in [0.4, 0.5) is 0 Å². The molecule has 0 aromatic heterocycles. The largest absolute Gasteiger partial charge is 0.477 e. The molecule has 9 heteroatoms. The second-order valence-electron chi connectivity index (χ2n) is 19.8. The summed E-state index contributed by atoms with van der Waals surface area (Å²) in [6, 6.07) is 0. The van der Waals surface area contributed by atoms with Crippen molar-refractivity contribution < 1.29 is 42.9 Å². The Labute approximate surface area is 458 Å². The molecule has 422 valence electrons. The lowest BCUT2D eigenvalue weighted by molar-refractivity contribution is -0.870. The lowest BCUT2D eigenvalue weighted by Crippen LogP contribution is -2.40. The van der Waals surface area contributed by atoms with Crippen molar-refractivity contribution in [2.45, 2.75) is 206 Å². The maximum absolute atomic E-state index is 12.9. The molecule has 0 bridgehead atoms. The zero-order valence-corrected chi connectivity index (χ0v) is 47.9. The Balaban J connectivity index is 4.38. The predicted molar refractivity (Wildman–Crippen MR) is 317 cm³/mol. The number of ether oxygens (including phenoxy) is 4. The topological polar surface area (TPSA) is 108 Å². The molecule has 9 nitrogen and oxygen atoms in total. The SMILES string of the molecule is CC/C=C\C/C=C\C/C=C\C/C=C\C/C=C\C/C=C\CCCCCCCCC(=O)OCC(COC(OCC[N+](C)(C)C)C(=O)O)OC(=O)CCCCCCCC/C=C\C/C=C\C/C=C\C/C=C\C/C=C\C/C=C\CC. The minimum Gasteiger partial charge on any atom is -0.477 e. The van der Waals surface area contributed by atoms with Crippen molar-refractivity contribution in [1.29, 1.82) is 0 Å². The molecule has 0 spiro atoms. The number of rotatable bonds is 51. The third-order valence-corrected chi connectivity index (χ3v) is 11.6. The maximum Gasteiger partial charge on any atom is 0.361 e. The number of hydrogen-bond donors (Lipinski definition) is 1. The van der Waals surface area contributed by atoms with Crippen molar-refractivity contribution in [2.24, 2.45) is 0 Å². The number of unbranched alkanes of at least 4 members (excludes halogenated alkanes) is 12. The van der Waals surface area contributed by atoms with Crippen LogP contribution in [0.5, 0.6) is 0 Å². The van der Waals surface area contributed by atoms with Crippen LogP contribution in [-0.2, 0) is 33.3 Å². The van der Waals surface area contributed by atoms with Crippen molar-refractivity contribution >= 4 is 17.9 Å². The van der Waals surface area contributed by atoms with E-state index >= 15 is 0 Å². The Morgan fingerprint density at radius 1 is 0.400 bits per heavy atom. The molecular weight excluding hydrogens is 935 g/mol. The molecule has 75 heavy (non-hydrogen) atoms. The number of nitrogens with zero attached hydrogens (tertiary/aromatic N) is 1. The summed E-state index contributed by atoms with van der Waals surface area (Å²) in [7, 11) is 5.94. The van der Waals surface area contributed by atoms with E-state index in [1.165, 1.54) is 0 Å². The van der Waals surface area contributed by atoms with E-state index in [9.17, 15) is 19.5 Å². The van der Waals surface area contributed by atoms with Gasteiger partial charge in [-0.25, -0.2) is 4.79 Å². The summed E-state index contributed by atoms with van der Waals surface area (Å²) in [4.78, 5) is 37.5. The molecule has 0 aromatic rings. The van der Waals surface area contributed by atoms with Crippen LogP contribution in [0.25, 0.3) is 0 Å². The first-order valence-corrected chi connectivity index (χ1v) is 29.0. The monoisotopic (exact) mass is 1040 g/mol. The van der Waals surface area contributed by atoms with E-state index in [-0.39, 0.29) is 38.6 Å². The quantitative estimate of drug-likeness (QED) is 0.0211. The molecular formula is C66H106NO8+. The van der Waals surface area contributed by atoms with Gasteiger partial charge in [0, 0.05) is 12.8 Å².